The largest absolute Gasteiger partial charge is 0.0654 e. The molecule has 0 radical (unpaired) electrons. The fraction of sp³-hybridized carbons (Fsp3) is 1.00. The molecule has 0 N–H and O–H groups in total. The molecule has 0 heterocycles. The maximum Gasteiger partial charge on any atom is -0.0173 e. The van der Waals surface area contributed by atoms with Gasteiger partial charge in [0.2, 0.25) is 0 Å². The van der Waals surface area contributed by atoms with Crippen molar-refractivity contribution >= 4 is 0 Å². The van der Waals surface area contributed by atoms with Crippen molar-refractivity contribution in [2.45, 2.75) is 60.3 Å². The molecule has 4 fully saturated rings. The van der Waals surface area contributed by atoms with Crippen LogP contribution < -0.4 is 0 Å². The van der Waals surface area contributed by atoms with Crippen LogP contribution in [-0.4, -0.2) is 0 Å². The molecule has 9 atom stereocenters. The standard InChI is InChI=1S/C18H30/c1-6-7-10(2)18-12(4)17(5)9-13-8-14(16(13)18)15(18)11(17)3/h10-16H,6-9H2,1-5H3. The normalized spacial score (nSPS) is 65.2. The SMILES string of the molecule is CCCC(C)C12C3C4CC3C1C(C)C(C)(C4)C2C. The van der Waals surface area contributed by atoms with E-state index in [1.807, 2.05) is 0 Å². The summed E-state index contributed by atoms with van der Waals surface area (Å²) < 4.78 is 0. The van der Waals surface area contributed by atoms with Gasteiger partial charge in [-0.25, -0.2) is 0 Å². The van der Waals surface area contributed by atoms with E-state index in [1.165, 1.54) is 12.8 Å². The van der Waals surface area contributed by atoms with Crippen LogP contribution in [0.25, 0.3) is 0 Å². The highest BCUT2D eigenvalue weighted by atomic mass is 14.9. The Morgan fingerprint density at radius 1 is 1.22 bits per heavy atom. The Balaban J connectivity index is 1.80. The van der Waals surface area contributed by atoms with Crippen LogP contribution >= 0.6 is 0 Å². The van der Waals surface area contributed by atoms with E-state index >= 15 is 0 Å². The van der Waals surface area contributed by atoms with Gasteiger partial charge in [0.25, 0.3) is 0 Å². The summed E-state index contributed by atoms with van der Waals surface area (Å²) >= 11 is 0. The number of rotatable bonds is 3. The molecule has 0 spiro atoms. The zero-order valence-corrected chi connectivity index (χ0v) is 12.9. The minimum absolute atomic E-state index is 0.680. The molecular weight excluding hydrogens is 216 g/mol. The molecule has 0 heteroatoms. The topological polar surface area (TPSA) is 0 Å². The Morgan fingerprint density at radius 3 is 2.61 bits per heavy atom. The third-order valence-electron chi connectivity index (χ3n) is 8.76. The van der Waals surface area contributed by atoms with E-state index in [2.05, 4.69) is 34.6 Å². The molecule has 0 saturated heterocycles. The lowest BCUT2D eigenvalue weighted by atomic mass is 9.30. The van der Waals surface area contributed by atoms with Crippen molar-refractivity contribution in [3.63, 3.8) is 0 Å². The molecule has 4 rings (SSSR count). The zero-order valence-electron chi connectivity index (χ0n) is 12.9. The van der Waals surface area contributed by atoms with Crippen molar-refractivity contribution in [2.75, 3.05) is 0 Å². The highest BCUT2D eigenvalue weighted by Gasteiger charge is 2.82. The highest BCUT2D eigenvalue weighted by Crippen LogP contribution is 2.88. The predicted molar refractivity (Wildman–Crippen MR) is 76.1 cm³/mol. The quantitative estimate of drug-likeness (QED) is 0.658. The lowest BCUT2D eigenvalue weighted by Gasteiger charge is -2.75. The third kappa shape index (κ3) is 0.879. The van der Waals surface area contributed by atoms with Crippen molar-refractivity contribution in [1.29, 1.82) is 0 Å². The number of hydrogen-bond acceptors (Lipinski definition) is 0. The summed E-state index contributed by atoms with van der Waals surface area (Å²) in [6.07, 6.45) is 6.02. The van der Waals surface area contributed by atoms with Gasteiger partial charge in [0.05, 0.1) is 0 Å². The average Bonchev–Trinajstić information content (AvgIpc) is 2.43. The first-order valence-corrected chi connectivity index (χ1v) is 8.49. The Labute approximate surface area is 113 Å². The Morgan fingerprint density at radius 2 is 1.94 bits per heavy atom. The van der Waals surface area contributed by atoms with Crippen LogP contribution in [-0.2, 0) is 0 Å². The van der Waals surface area contributed by atoms with Gasteiger partial charge in [-0.3, -0.25) is 0 Å². The predicted octanol–water partition coefficient (Wildman–Crippen LogP) is 4.99. The van der Waals surface area contributed by atoms with Gasteiger partial charge in [-0.05, 0) is 65.1 Å². The summed E-state index contributed by atoms with van der Waals surface area (Å²) in [7, 11) is 0. The minimum Gasteiger partial charge on any atom is -0.0654 e. The summed E-state index contributed by atoms with van der Waals surface area (Å²) in [5.74, 6) is 7.49. The summed E-state index contributed by atoms with van der Waals surface area (Å²) in [4.78, 5) is 0. The van der Waals surface area contributed by atoms with E-state index in [0.717, 1.165) is 46.8 Å². The van der Waals surface area contributed by atoms with Gasteiger partial charge < -0.3 is 0 Å². The number of hydrogen-bond donors (Lipinski definition) is 0. The van der Waals surface area contributed by atoms with Crippen molar-refractivity contribution in [3.8, 4) is 0 Å². The van der Waals surface area contributed by atoms with Gasteiger partial charge in [-0.1, -0.05) is 47.5 Å². The average molecular weight is 246 g/mol. The van der Waals surface area contributed by atoms with Crippen molar-refractivity contribution < 1.29 is 0 Å². The van der Waals surface area contributed by atoms with Crippen LogP contribution in [0.15, 0.2) is 0 Å². The first-order chi connectivity index (χ1) is 8.49. The van der Waals surface area contributed by atoms with Gasteiger partial charge in [0.15, 0.2) is 0 Å². The van der Waals surface area contributed by atoms with E-state index in [1.54, 1.807) is 12.8 Å². The molecule has 0 aromatic carbocycles. The second kappa shape index (κ2) is 3.18. The smallest absolute Gasteiger partial charge is 0.0173 e. The molecular formula is C18H30. The van der Waals surface area contributed by atoms with E-state index in [4.69, 9.17) is 0 Å². The van der Waals surface area contributed by atoms with Crippen LogP contribution in [0.1, 0.15) is 60.3 Å². The van der Waals surface area contributed by atoms with Crippen LogP contribution in [0.2, 0.25) is 0 Å². The van der Waals surface area contributed by atoms with E-state index in [9.17, 15) is 0 Å². The Bertz CT molecular complexity index is 381. The zero-order chi connectivity index (χ0) is 12.9. The Kier molecular flexibility index (Phi) is 2.08. The molecule has 2 bridgehead atoms. The van der Waals surface area contributed by atoms with Crippen LogP contribution in [0, 0.1) is 52.3 Å². The van der Waals surface area contributed by atoms with Crippen LogP contribution in [0.3, 0.4) is 0 Å². The van der Waals surface area contributed by atoms with Gasteiger partial charge in [0, 0.05) is 0 Å². The van der Waals surface area contributed by atoms with Crippen molar-refractivity contribution in [1.82, 2.24) is 0 Å². The second-order valence-electron chi connectivity index (χ2n) is 8.62. The van der Waals surface area contributed by atoms with Crippen LogP contribution in [0.5, 0.6) is 0 Å². The monoisotopic (exact) mass is 246 g/mol. The maximum absolute atomic E-state index is 2.65. The van der Waals surface area contributed by atoms with E-state index < -0.39 is 0 Å². The van der Waals surface area contributed by atoms with Gasteiger partial charge in [-0.2, -0.15) is 0 Å². The highest BCUT2D eigenvalue weighted by molar-refractivity contribution is 5.30. The molecule has 4 aliphatic rings. The summed E-state index contributed by atoms with van der Waals surface area (Å²) in [6, 6.07) is 0. The summed E-state index contributed by atoms with van der Waals surface area (Å²) in [5, 5.41) is 0. The lowest BCUT2D eigenvalue weighted by Crippen LogP contribution is -2.70. The molecule has 0 aromatic heterocycles. The van der Waals surface area contributed by atoms with Gasteiger partial charge >= 0.3 is 0 Å². The maximum atomic E-state index is 2.65. The second-order valence-corrected chi connectivity index (χ2v) is 8.62. The van der Waals surface area contributed by atoms with Crippen LogP contribution in [0.4, 0.5) is 0 Å². The minimum atomic E-state index is 0.680. The molecule has 0 amide bonds. The number of fused-ring (bicyclic) bond motifs is 2. The molecule has 9 unspecified atom stereocenters. The van der Waals surface area contributed by atoms with E-state index in [-0.39, 0.29) is 0 Å². The first-order valence-electron chi connectivity index (χ1n) is 8.49. The fourth-order valence-electron chi connectivity index (χ4n) is 8.08. The van der Waals surface area contributed by atoms with Crippen molar-refractivity contribution in [3.05, 3.63) is 0 Å². The first kappa shape index (κ1) is 11.8. The summed E-state index contributed by atoms with van der Waals surface area (Å²) in [5.41, 5.74) is 1.45. The summed E-state index contributed by atoms with van der Waals surface area (Å²) in [6.45, 7) is 12.9. The van der Waals surface area contributed by atoms with Gasteiger partial charge in [0.1, 0.15) is 0 Å². The molecule has 4 aliphatic carbocycles. The Hall–Kier alpha value is 0. The third-order valence-corrected chi connectivity index (χ3v) is 8.76. The molecule has 102 valence electrons. The molecule has 4 saturated carbocycles. The molecule has 0 aromatic rings. The van der Waals surface area contributed by atoms with E-state index in [0.29, 0.717) is 5.41 Å². The molecule has 0 aliphatic heterocycles. The molecule has 18 heavy (non-hydrogen) atoms. The lowest BCUT2D eigenvalue weighted by molar-refractivity contribution is -0.274. The molecule has 0 nitrogen and oxygen atoms in total. The van der Waals surface area contributed by atoms with Gasteiger partial charge in [-0.15, -0.1) is 0 Å². The fourth-order valence-corrected chi connectivity index (χ4v) is 8.08. The van der Waals surface area contributed by atoms with Crippen molar-refractivity contribution in [2.24, 2.45) is 52.3 Å².